The van der Waals surface area contributed by atoms with E-state index in [0.717, 1.165) is 14.1 Å². The van der Waals surface area contributed by atoms with E-state index in [4.69, 9.17) is 51.2 Å². The lowest BCUT2D eigenvalue weighted by atomic mass is 10.1. The van der Waals surface area contributed by atoms with Crippen molar-refractivity contribution in [3.63, 3.8) is 0 Å². The molecule has 4 aromatic rings. The second-order valence-electron chi connectivity index (χ2n) is 7.23. The average Bonchev–Trinajstić information content (AvgIpc) is 2.90. The molecule has 1 amide bonds. The van der Waals surface area contributed by atoms with E-state index in [2.05, 4.69) is 57.8 Å². The number of benzene rings is 2. The van der Waals surface area contributed by atoms with Crippen LogP contribution in [0.5, 0.6) is 0 Å². The zero-order valence-corrected chi connectivity index (χ0v) is 27.9. The molecule has 0 radical (unpaired) electrons. The van der Waals surface area contributed by atoms with Gasteiger partial charge in [0.2, 0.25) is 0 Å². The normalized spacial score (nSPS) is 9.97. The highest BCUT2D eigenvalue weighted by Gasteiger charge is 2.15. The Labute approximate surface area is 270 Å². The van der Waals surface area contributed by atoms with Crippen LogP contribution in [0.4, 0.5) is 0 Å². The molecule has 0 atom stereocenters. The van der Waals surface area contributed by atoms with Crippen molar-refractivity contribution in [3.05, 3.63) is 124 Å². The first-order chi connectivity index (χ1) is 18.4. The summed E-state index contributed by atoms with van der Waals surface area (Å²) in [5.74, 6) is -0.485. The second-order valence-corrected chi connectivity index (χ2v) is 11.5. The lowest BCUT2D eigenvalue weighted by Crippen LogP contribution is -2.25. The fourth-order valence-electron chi connectivity index (χ4n) is 2.61. The number of nitrogens with zero attached hydrogens (tertiary/aromatic N) is 3. The highest BCUT2D eigenvalue weighted by Crippen LogP contribution is 2.24. The smallest absolute Gasteiger partial charge is 0.278 e. The maximum absolute atomic E-state index is 12.1. The minimum absolute atomic E-state index is 0.174. The van der Waals surface area contributed by atoms with Gasteiger partial charge in [0.05, 0.1) is 22.7 Å². The molecule has 13 heteroatoms. The zero-order chi connectivity index (χ0) is 29.1. The van der Waals surface area contributed by atoms with Crippen LogP contribution in [0.3, 0.4) is 0 Å². The first-order valence-electron chi connectivity index (χ1n) is 10.6. The Kier molecular flexibility index (Phi) is 14.4. The molecule has 0 spiro atoms. The molecule has 0 bridgehead atoms. The van der Waals surface area contributed by atoms with Crippen molar-refractivity contribution < 1.29 is 14.4 Å². The molecule has 0 N–H and O–H groups in total. The van der Waals surface area contributed by atoms with Crippen molar-refractivity contribution in [1.29, 1.82) is 0 Å². The van der Waals surface area contributed by atoms with Crippen molar-refractivity contribution in [2.24, 2.45) is 0 Å². The van der Waals surface area contributed by atoms with Crippen molar-refractivity contribution >= 4 is 106 Å². The summed E-state index contributed by atoms with van der Waals surface area (Å²) in [6.45, 7) is 0. The molecule has 2 aromatic heterocycles. The van der Waals surface area contributed by atoms with Gasteiger partial charge >= 0.3 is 0 Å². The molecule has 6 nitrogen and oxygen atoms in total. The lowest BCUT2D eigenvalue weighted by Gasteiger charge is -2.14. The first-order valence-corrected chi connectivity index (χ1v) is 14.5. The number of aromatic nitrogens is 2. The maximum atomic E-state index is 12.1. The molecule has 2 aromatic carbocycles. The number of carbonyl (C=O) groups is 2. The topological polar surface area (TPSA) is 72.4 Å². The molecular formula is C26H18Br3Cl4N3O3. The molecule has 0 fully saturated rings. The van der Waals surface area contributed by atoms with Gasteiger partial charge in [0.25, 0.3) is 5.91 Å². The summed E-state index contributed by atoms with van der Waals surface area (Å²) in [6.07, 6.45) is 3.24. The number of hydrogen-bond acceptors (Lipinski definition) is 5. The van der Waals surface area contributed by atoms with E-state index in [9.17, 15) is 9.59 Å². The van der Waals surface area contributed by atoms with Gasteiger partial charge in [0.1, 0.15) is 9.21 Å². The Bertz CT molecular complexity index is 1410. The summed E-state index contributed by atoms with van der Waals surface area (Å²) in [7, 11) is 2.91. The van der Waals surface area contributed by atoms with Crippen LogP contribution in [0.2, 0.25) is 20.1 Å². The fraction of sp³-hybridized carbons (Fsp3) is 0.0769. The summed E-state index contributed by atoms with van der Waals surface area (Å²) in [5, 5.41) is 2.73. The first kappa shape index (κ1) is 33.6. The number of carbonyl (C=O) groups excluding carboxylic acids is 2. The van der Waals surface area contributed by atoms with Crippen LogP contribution in [-0.4, -0.2) is 40.9 Å². The predicted octanol–water partition coefficient (Wildman–Crippen LogP) is 9.62. The van der Waals surface area contributed by atoms with Crippen molar-refractivity contribution in [2.45, 2.75) is 0 Å². The number of pyridine rings is 2. The highest BCUT2D eigenvalue weighted by molar-refractivity contribution is 9.11. The number of hydrogen-bond donors (Lipinski definition) is 0. The molecule has 4 rings (SSSR count). The van der Waals surface area contributed by atoms with E-state index in [1.54, 1.807) is 48.7 Å². The van der Waals surface area contributed by atoms with Gasteiger partial charge in [-0.3, -0.25) is 14.4 Å². The number of halogens is 7. The van der Waals surface area contributed by atoms with Crippen LogP contribution >= 0.6 is 94.2 Å². The van der Waals surface area contributed by atoms with Crippen LogP contribution in [-0.2, 0) is 4.84 Å². The molecule has 2 heterocycles. The van der Waals surface area contributed by atoms with Gasteiger partial charge in [-0.2, -0.15) is 0 Å². The third kappa shape index (κ3) is 11.1. The number of amides is 1. The van der Waals surface area contributed by atoms with Gasteiger partial charge in [-0.1, -0.05) is 46.4 Å². The standard InChI is InChI=1S/C12H6BrCl2NO.C9H9Cl2NO2.C5H3Br2N/c13-11-4-1-7(6-16-11)12(17)9-3-2-8(14)5-10(9)15;1-12(14-2)9(13)7-4-3-6(10)5-8(7)11;6-4-1-2-5(7)8-3-4/h1-6H;3-5H,1-2H3;1-3H. The summed E-state index contributed by atoms with van der Waals surface area (Å²) >= 11 is 33.0. The molecule has 39 heavy (non-hydrogen) atoms. The van der Waals surface area contributed by atoms with Crippen LogP contribution in [0.1, 0.15) is 26.3 Å². The minimum Gasteiger partial charge on any atom is -0.288 e. The molecule has 0 aliphatic rings. The Morgan fingerprint density at radius 1 is 0.744 bits per heavy atom. The van der Waals surface area contributed by atoms with Crippen LogP contribution in [0, 0.1) is 0 Å². The average molecular weight is 802 g/mol. The van der Waals surface area contributed by atoms with Crippen LogP contribution in [0.15, 0.2) is 86.7 Å². The van der Waals surface area contributed by atoms with Gasteiger partial charge in [-0.05, 0) is 108 Å². The van der Waals surface area contributed by atoms with Crippen molar-refractivity contribution in [1.82, 2.24) is 15.0 Å². The summed E-state index contributed by atoms with van der Waals surface area (Å²) in [6, 6.07) is 16.7. The Morgan fingerprint density at radius 3 is 1.67 bits per heavy atom. The van der Waals surface area contributed by atoms with Crippen LogP contribution < -0.4 is 0 Å². The predicted molar refractivity (Wildman–Crippen MR) is 167 cm³/mol. The number of ketones is 1. The molecule has 204 valence electrons. The fourth-order valence-corrected chi connectivity index (χ4v) is 4.30. The minimum atomic E-state index is -0.311. The van der Waals surface area contributed by atoms with Gasteiger partial charge in [0, 0.05) is 45.1 Å². The van der Waals surface area contributed by atoms with E-state index >= 15 is 0 Å². The largest absolute Gasteiger partial charge is 0.288 e. The van der Waals surface area contributed by atoms with Crippen molar-refractivity contribution in [3.8, 4) is 0 Å². The van der Waals surface area contributed by atoms with E-state index in [1.165, 1.54) is 26.4 Å². The van der Waals surface area contributed by atoms with E-state index in [-0.39, 0.29) is 11.7 Å². The zero-order valence-electron chi connectivity index (χ0n) is 20.1. The molecule has 0 aliphatic heterocycles. The Morgan fingerprint density at radius 2 is 1.26 bits per heavy atom. The third-order valence-corrected chi connectivity index (χ3v) is 7.08. The van der Waals surface area contributed by atoms with Crippen LogP contribution in [0.25, 0.3) is 0 Å². The molecule has 0 saturated heterocycles. The molecule has 0 saturated carbocycles. The Hall–Kier alpha value is -1.56. The highest BCUT2D eigenvalue weighted by atomic mass is 79.9. The lowest BCUT2D eigenvalue weighted by molar-refractivity contribution is -0.0756. The van der Waals surface area contributed by atoms with Gasteiger partial charge in [-0.25, -0.2) is 15.0 Å². The second kappa shape index (κ2) is 16.6. The number of hydroxylamine groups is 2. The van der Waals surface area contributed by atoms with E-state index in [0.29, 0.717) is 41.4 Å². The molecule has 0 aliphatic carbocycles. The molecular weight excluding hydrogens is 784 g/mol. The van der Waals surface area contributed by atoms with Gasteiger partial charge < -0.3 is 0 Å². The third-order valence-electron chi connectivity index (χ3n) is 4.58. The van der Waals surface area contributed by atoms with E-state index < -0.39 is 0 Å². The summed E-state index contributed by atoms with van der Waals surface area (Å²) < 4.78 is 2.54. The monoisotopic (exact) mass is 797 g/mol. The maximum Gasteiger partial charge on any atom is 0.278 e. The number of rotatable bonds is 4. The summed E-state index contributed by atoms with van der Waals surface area (Å²) in [4.78, 5) is 36.4. The Balaban J connectivity index is 0.000000218. The van der Waals surface area contributed by atoms with Crippen molar-refractivity contribution in [2.75, 3.05) is 14.2 Å². The molecule has 0 unspecified atom stereocenters. The van der Waals surface area contributed by atoms with Gasteiger partial charge in [-0.15, -0.1) is 0 Å². The SMILES string of the molecule is Brc1ccc(Br)nc1.CON(C)C(=O)c1ccc(Cl)cc1Cl.O=C(c1ccc(Br)nc1)c1ccc(Cl)cc1Cl. The van der Waals surface area contributed by atoms with Gasteiger partial charge in [0.15, 0.2) is 5.78 Å². The quantitative estimate of drug-likeness (QED) is 0.117. The van der Waals surface area contributed by atoms with E-state index in [1.807, 2.05) is 12.1 Å². The summed E-state index contributed by atoms with van der Waals surface area (Å²) in [5.41, 5.74) is 1.26.